The van der Waals surface area contributed by atoms with Gasteiger partial charge in [-0.2, -0.15) is 0 Å². The molecule has 3 aromatic carbocycles. The van der Waals surface area contributed by atoms with Gasteiger partial charge in [-0.05, 0) is 44.2 Å². The fourth-order valence-electron chi connectivity index (χ4n) is 4.90. The van der Waals surface area contributed by atoms with Gasteiger partial charge in [0.25, 0.3) is 0 Å². The zero-order valence-corrected chi connectivity index (χ0v) is 19.0. The topological polar surface area (TPSA) is 69.7 Å². The van der Waals surface area contributed by atoms with E-state index in [0.717, 1.165) is 10.0 Å². The van der Waals surface area contributed by atoms with Crippen molar-refractivity contribution in [3.8, 4) is 11.5 Å². The summed E-state index contributed by atoms with van der Waals surface area (Å²) in [5.74, 6) is -1.84. The highest BCUT2D eigenvalue weighted by atomic mass is 79.9. The molecule has 0 unspecified atom stereocenters. The maximum absolute atomic E-state index is 13.7. The Morgan fingerprint density at radius 3 is 2.31 bits per heavy atom. The number of hydrogen-bond acceptors (Lipinski definition) is 5. The van der Waals surface area contributed by atoms with E-state index in [2.05, 4.69) is 15.9 Å². The normalized spacial score (nSPS) is 25.2. The number of esters is 2. The van der Waals surface area contributed by atoms with E-state index in [-0.39, 0.29) is 5.78 Å². The molecule has 0 aromatic heterocycles. The van der Waals surface area contributed by atoms with Crippen LogP contribution in [0.25, 0.3) is 0 Å². The molecule has 0 N–H and O–H groups in total. The molecule has 1 aliphatic carbocycles. The van der Waals surface area contributed by atoms with E-state index < -0.39 is 28.7 Å². The van der Waals surface area contributed by atoms with Crippen LogP contribution in [-0.2, 0) is 9.59 Å². The zero-order valence-electron chi connectivity index (χ0n) is 17.4. The van der Waals surface area contributed by atoms with Gasteiger partial charge >= 0.3 is 11.9 Å². The van der Waals surface area contributed by atoms with Gasteiger partial charge < -0.3 is 9.47 Å². The molecule has 160 valence electrons. The lowest BCUT2D eigenvalue weighted by molar-refractivity contribution is -0.156. The molecule has 2 aliphatic rings. The summed E-state index contributed by atoms with van der Waals surface area (Å²) in [5, 5.41) is 0. The van der Waals surface area contributed by atoms with Crippen molar-refractivity contribution in [2.45, 2.75) is 19.8 Å². The standard InChI is InChI=1S/C26H19BrO5/c1-15-7-13-18(14-8-15)31-23(29)26-21(19-5-3-4-6-20(19)32-24(26)30)25(26,2)22(28)16-9-11-17(27)12-10-16/h3-14,21H,1-2H3/t21-,25-,26+/m1/s1. The third-order valence-electron chi connectivity index (χ3n) is 6.63. The van der Waals surface area contributed by atoms with Crippen molar-refractivity contribution >= 4 is 33.7 Å². The van der Waals surface area contributed by atoms with Crippen molar-refractivity contribution in [2.24, 2.45) is 10.8 Å². The van der Waals surface area contributed by atoms with Crippen LogP contribution in [-0.4, -0.2) is 17.7 Å². The van der Waals surface area contributed by atoms with E-state index in [9.17, 15) is 14.4 Å². The maximum Gasteiger partial charge on any atom is 0.330 e. The summed E-state index contributed by atoms with van der Waals surface area (Å²) in [5.41, 5.74) is -1.02. The second kappa shape index (κ2) is 7.14. The van der Waals surface area contributed by atoms with Crippen LogP contribution >= 0.6 is 15.9 Å². The number of carbonyl (C=O) groups excluding carboxylic acids is 3. The second-order valence-corrected chi connectivity index (χ2v) is 9.32. The van der Waals surface area contributed by atoms with Crippen LogP contribution in [0, 0.1) is 17.8 Å². The first-order valence-corrected chi connectivity index (χ1v) is 11.0. The van der Waals surface area contributed by atoms with E-state index in [4.69, 9.17) is 9.47 Å². The van der Waals surface area contributed by atoms with E-state index in [1.807, 2.05) is 19.1 Å². The van der Waals surface area contributed by atoms with Crippen LogP contribution < -0.4 is 9.47 Å². The third-order valence-corrected chi connectivity index (χ3v) is 7.16. The van der Waals surface area contributed by atoms with Gasteiger partial charge in [-0.3, -0.25) is 14.4 Å². The molecule has 0 radical (unpaired) electrons. The van der Waals surface area contributed by atoms with Crippen molar-refractivity contribution in [3.63, 3.8) is 0 Å². The summed E-state index contributed by atoms with van der Waals surface area (Å²) in [7, 11) is 0. The van der Waals surface area contributed by atoms with Gasteiger partial charge in [-0.25, -0.2) is 0 Å². The van der Waals surface area contributed by atoms with Crippen molar-refractivity contribution in [1.82, 2.24) is 0 Å². The van der Waals surface area contributed by atoms with Gasteiger partial charge in [0.05, 0.1) is 5.41 Å². The fraction of sp³-hybridized carbons (Fsp3) is 0.192. The number of rotatable bonds is 4. The Labute approximate surface area is 193 Å². The molecule has 5 nitrogen and oxygen atoms in total. The number of ether oxygens (including phenoxy) is 2. The van der Waals surface area contributed by atoms with Gasteiger partial charge in [0.2, 0.25) is 0 Å². The number of ketones is 1. The number of aryl methyl sites for hydroxylation is 1. The minimum absolute atomic E-state index is 0.301. The Hall–Kier alpha value is -3.25. The van der Waals surface area contributed by atoms with E-state index in [1.165, 1.54) is 0 Å². The van der Waals surface area contributed by atoms with Crippen molar-refractivity contribution in [3.05, 3.63) is 94.0 Å². The maximum atomic E-state index is 13.7. The van der Waals surface area contributed by atoms with Crippen molar-refractivity contribution < 1.29 is 23.9 Å². The van der Waals surface area contributed by atoms with Crippen LogP contribution in [0.1, 0.15) is 34.3 Å². The zero-order chi connectivity index (χ0) is 22.7. The van der Waals surface area contributed by atoms with Crippen LogP contribution in [0.2, 0.25) is 0 Å². The Balaban J connectivity index is 1.62. The van der Waals surface area contributed by atoms with Crippen molar-refractivity contribution in [1.29, 1.82) is 0 Å². The van der Waals surface area contributed by atoms with E-state index >= 15 is 0 Å². The highest BCUT2D eigenvalue weighted by molar-refractivity contribution is 9.10. The molecule has 0 bridgehead atoms. The number of Topliss-reactive ketones (excluding diaryl/α,β-unsaturated/α-hetero) is 1. The monoisotopic (exact) mass is 490 g/mol. The minimum atomic E-state index is -1.75. The molecular weight excluding hydrogens is 472 g/mol. The summed E-state index contributed by atoms with van der Waals surface area (Å²) in [6.07, 6.45) is 0. The number of carbonyl (C=O) groups is 3. The lowest BCUT2D eigenvalue weighted by Gasteiger charge is -2.22. The average Bonchev–Trinajstić information content (AvgIpc) is 3.39. The molecule has 1 aliphatic heterocycles. The third kappa shape index (κ3) is 2.72. The van der Waals surface area contributed by atoms with Gasteiger partial charge in [-0.1, -0.05) is 64.0 Å². The van der Waals surface area contributed by atoms with Gasteiger partial charge in [-0.15, -0.1) is 0 Å². The van der Waals surface area contributed by atoms with Crippen LogP contribution in [0.15, 0.2) is 77.3 Å². The SMILES string of the molecule is Cc1ccc(OC(=O)[C@]23C(=O)Oc4ccccc4[C@@H]2[C@]3(C)C(=O)c2ccc(Br)cc2)cc1. The van der Waals surface area contributed by atoms with Crippen LogP contribution in [0.3, 0.4) is 0 Å². The molecule has 1 saturated carbocycles. The summed E-state index contributed by atoms with van der Waals surface area (Å²) in [6, 6.07) is 20.8. The predicted molar refractivity (Wildman–Crippen MR) is 121 cm³/mol. The smallest absolute Gasteiger partial charge is 0.330 e. The van der Waals surface area contributed by atoms with Gasteiger partial charge in [0.1, 0.15) is 11.5 Å². The summed E-state index contributed by atoms with van der Waals surface area (Å²) in [6.45, 7) is 3.58. The number of benzene rings is 3. The van der Waals surface area contributed by atoms with E-state index in [1.54, 1.807) is 67.6 Å². The van der Waals surface area contributed by atoms with Crippen LogP contribution in [0.4, 0.5) is 0 Å². The van der Waals surface area contributed by atoms with Gasteiger partial charge in [0.15, 0.2) is 11.2 Å². The quantitative estimate of drug-likeness (QED) is 0.216. The van der Waals surface area contributed by atoms with E-state index in [0.29, 0.717) is 22.6 Å². The molecule has 1 fully saturated rings. The molecule has 1 heterocycles. The molecule has 3 atom stereocenters. The molecule has 0 spiro atoms. The predicted octanol–water partition coefficient (Wildman–Crippen LogP) is 5.25. The van der Waals surface area contributed by atoms with Crippen LogP contribution in [0.5, 0.6) is 11.5 Å². The Morgan fingerprint density at radius 1 is 0.969 bits per heavy atom. The minimum Gasteiger partial charge on any atom is -0.426 e. The van der Waals surface area contributed by atoms with Crippen molar-refractivity contribution in [2.75, 3.05) is 0 Å². The first-order valence-electron chi connectivity index (χ1n) is 10.2. The summed E-state index contributed by atoms with van der Waals surface area (Å²) in [4.78, 5) is 40.6. The average molecular weight is 491 g/mol. The molecule has 3 aromatic rings. The largest absolute Gasteiger partial charge is 0.426 e. The molecular formula is C26H19BrO5. The number of hydrogen-bond donors (Lipinski definition) is 0. The Kier molecular flexibility index (Phi) is 4.60. The molecule has 0 amide bonds. The highest BCUT2D eigenvalue weighted by Crippen LogP contribution is 2.78. The summed E-state index contributed by atoms with van der Waals surface area (Å²) >= 11 is 3.37. The number of fused-ring (bicyclic) bond motifs is 3. The first kappa shape index (κ1) is 20.6. The molecule has 0 saturated heterocycles. The summed E-state index contributed by atoms with van der Waals surface area (Å²) < 4.78 is 12.0. The Morgan fingerprint density at radius 2 is 1.62 bits per heavy atom. The number of para-hydroxylation sites is 1. The lowest BCUT2D eigenvalue weighted by Crippen LogP contribution is -2.41. The first-order chi connectivity index (χ1) is 15.3. The second-order valence-electron chi connectivity index (χ2n) is 8.41. The lowest BCUT2D eigenvalue weighted by atomic mass is 9.87. The number of halogens is 1. The highest BCUT2D eigenvalue weighted by Gasteiger charge is 2.89. The molecule has 6 heteroatoms. The molecule has 5 rings (SSSR count). The Bertz CT molecular complexity index is 1260. The van der Waals surface area contributed by atoms with Gasteiger partial charge in [0, 0.05) is 21.5 Å². The molecule has 32 heavy (non-hydrogen) atoms. The fourth-order valence-corrected chi connectivity index (χ4v) is 5.17.